The molecule has 190 valence electrons. The number of aryl methyl sites for hydroxylation is 1. The normalized spacial score (nSPS) is 21.0. The van der Waals surface area contributed by atoms with E-state index in [0.29, 0.717) is 17.8 Å². The van der Waals surface area contributed by atoms with Crippen LogP contribution < -0.4 is 33.4 Å². The van der Waals surface area contributed by atoms with Gasteiger partial charge in [-0.25, -0.2) is 13.9 Å². The van der Waals surface area contributed by atoms with Crippen molar-refractivity contribution in [2.45, 2.75) is 59.1 Å². The highest BCUT2D eigenvalue weighted by Crippen LogP contribution is 2.36. The summed E-state index contributed by atoms with van der Waals surface area (Å²) in [5, 5.41) is 0. The van der Waals surface area contributed by atoms with Crippen molar-refractivity contribution in [3.05, 3.63) is 48.5 Å². The zero-order chi connectivity index (χ0) is 24.6. The fraction of sp³-hybridized carbons (Fsp3) is 0.517. The van der Waals surface area contributed by atoms with E-state index < -0.39 is 6.04 Å². The second-order valence-corrected chi connectivity index (χ2v) is 10.7. The smallest absolute Gasteiger partial charge is 0.351 e. The van der Waals surface area contributed by atoms with Gasteiger partial charge in [-0.15, -0.1) is 0 Å². The van der Waals surface area contributed by atoms with Gasteiger partial charge < -0.3 is 33.6 Å². The molecule has 0 spiro atoms. The van der Waals surface area contributed by atoms with E-state index in [1.807, 2.05) is 33.2 Å². The van der Waals surface area contributed by atoms with Gasteiger partial charge in [0.25, 0.3) is 5.82 Å². The van der Waals surface area contributed by atoms with Crippen LogP contribution in [0.5, 0.6) is 0 Å². The molecule has 3 aromatic rings. The maximum Gasteiger partial charge on any atom is 0.351 e. The largest absolute Gasteiger partial charge is 1.00 e. The molecule has 1 unspecified atom stereocenters. The summed E-state index contributed by atoms with van der Waals surface area (Å²) in [7, 11) is 6.16. The first kappa shape index (κ1) is 27.5. The molecule has 1 aliphatic carbocycles. The minimum absolute atomic E-state index is 0. The highest BCUT2D eigenvalue weighted by atomic mass is 127. The Labute approximate surface area is 227 Å². The van der Waals surface area contributed by atoms with Gasteiger partial charge in [-0.1, -0.05) is 39.3 Å². The molecule has 4 rings (SSSR count). The topological polar surface area (TPSA) is 38.4 Å². The molecule has 0 N–H and O–H groups in total. The summed E-state index contributed by atoms with van der Waals surface area (Å²) < 4.78 is 10.6. The molecule has 2 aromatic carbocycles. The first-order valence-electron chi connectivity index (χ1n) is 12.7. The van der Waals surface area contributed by atoms with Gasteiger partial charge in [-0.3, -0.25) is 0 Å². The van der Waals surface area contributed by atoms with Crippen LogP contribution >= 0.6 is 0 Å². The molecular formula is C29H40IN3O2. The summed E-state index contributed by atoms with van der Waals surface area (Å²) in [6, 6.07) is 16.4. The summed E-state index contributed by atoms with van der Waals surface area (Å²) in [5.41, 5.74) is 4.36. The van der Waals surface area contributed by atoms with E-state index in [9.17, 15) is 4.79 Å². The predicted molar refractivity (Wildman–Crippen MR) is 139 cm³/mol. The third kappa shape index (κ3) is 5.52. The maximum absolute atomic E-state index is 13.6. The Morgan fingerprint density at radius 2 is 1.71 bits per heavy atom. The van der Waals surface area contributed by atoms with Gasteiger partial charge in [0.05, 0.1) is 12.6 Å². The molecule has 0 bridgehead atoms. The summed E-state index contributed by atoms with van der Waals surface area (Å²) in [6.07, 6.45) is 3.31. The number of aromatic nitrogens is 2. The molecule has 1 saturated carbocycles. The van der Waals surface area contributed by atoms with Crippen molar-refractivity contribution >= 4 is 22.7 Å². The lowest BCUT2D eigenvalue weighted by atomic mass is 9.75. The Balaban J connectivity index is 0.00000342. The van der Waals surface area contributed by atoms with Gasteiger partial charge in [-0.2, -0.15) is 0 Å². The van der Waals surface area contributed by atoms with E-state index in [4.69, 9.17) is 4.74 Å². The number of nitrogens with zero attached hydrogens (tertiary/aromatic N) is 3. The Bertz CT molecular complexity index is 1150. The lowest BCUT2D eigenvalue weighted by molar-refractivity contribution is -0.634. The number of carbonyl (C=O) groups excluding carboxylic acids is 1. The van der Waals surface area contributed by atoms with Crippen LogP contribution in [0.1, 0.15) is 53.0 Å². The Morgan fingerprint density at radius 3 is 2.34 bits per heavy atom. The number of ether oxygens (including phenoxy) is 1. The van der Waals surface area contributed by atoms with Gasteiger partial charge in [-0.05, 0) is 73.9 Å². The number of fused-ring (bicyclic) bond motifs is 1. The molecule has 1 aromatic heterocycles. The summed E-state index contributed by atoms with van der Waals surface area (Å²) in [4.78, 5) is 15.7. The molecule has 6 heteroatoms. The number of halogens is 1. The second-order valence-electron chi connectivity index (χ2n) is 10.7. The fourth-order valence-electron chi connectivity index (χ4n) is 5.58. The van der Waals surface area contributed by atoms with Crippen molar-refractivity contribution in [1.82, 2.24) is 4.57 Å². The Morgan fingerprint density at radius 1 is 1.06 bits per heavy atom. The van der Waals surface area contributed by atoms with Gasteiger partial charge in [0, 0.05) is 19.8 Å². The van der Waals surface area contributed by atoms with Crippen LogP contribution in [0, 0.1) is 17.8 Å². The van der Waals surface area contributed by atoms with E-state index in [0.717, 1.165) is 41.0 Å². The quantitative estimate of drug-likeness (QED) is 0.252. The molecule has 1 aliphatic rings. The lowest BCUT2D eigenvalue weighted by Crippen LogP contribution is -3.00. The van der Waals surface area contributed by atoms with Crippen molar-refractivity contribution in [3.63, 3.8) is 0 Å². The summed E-state index contributed by atoms with van der Waals surface area (Å²) in [5.74, 6) is 2.41. The lowest BCUT2D eigenvalue weighted by Gasteiger charge is -2.37. The number of anilines is 1. The highest BCUT2D eigenvalue weighted by Gasteiger charge is 2.37. The molecule has 0 aliphatic heterocycles. The van der Waals surface area contributed by atoms with Crippen LogP contribution in [-0.4, -0.2) is 30.7 Å². The van der Waals surface area contributed by atoms with E-state index in [1.54, 1.807) is 0 Å². The molecule has 0 radical (unpaired) electrons. The number of carbonyl (C=O) groups is 1. The van der Waals surface area contributed by atoms with Gasteiger partial charge in [0.15, 0.2) is 17.1 Å². The summed E-state index contributed by atoms with van der Waals surface area (Å²) in [6.45, 7) is 8.75. The van der Waals surface area contributed by atoms with Crippen molar-refractivity contribution in [3.8, 4) is 11.4 Å². The Hall–Kier alpha value is -2.09. The SMILES string of the molecule is CC(C)[C@@H]1CC[C@@H](C)CC1OC(=O)[C@@H](C)n1c(-c2ccc(N(C)C)cc2)[n+](C)c2ccccc21.[I-]. The number of hydrogen-bond acceptors (Lipinski definition) is 3. The van der Waals surface area contributed by atoms with Crippen molar-refractivity contribution in [1.29, 1.82) is 0 Å². The monoisotopic (exact) mass is 589 g/mol. The second kappa shape index (κ2) is 11.3. The molecule has 0 amide bonds. The number of hydrogen-bond donors (Lipinski definition) is 0. The first-order chi connectivity index (χ1) is 16.2. The fourth-order valence-corrected chi connectivity index (χ4v) is 5.58. The van der Waals surface area contributed by atoms with Crippen LogP contribution in [0.15, 0.2) is 48.5 Å². The third-order valence-electron chi connectivity index (χ3n) is 7.65. The van der Waals surface area contributed by atoms with Gasteiger partial charge in [0.1, 0.15) is 6.10 Å². The molecule has 1 fully saturated rings. The minimum Gasteiger partial charge on any atom is -1.00 e. The van der Waals surface area contributed by atoms with Crippen LogP contribution in [0.4, 0.5) is 5.69 Å². The standard InChI is InChI=1S/C29H40N3O2.HI/c1-19(2)24-17-12-20(3)18-27(24)34-29(33)21(4)32-26-11-9-8-10-25(26)31(7)28(32)22-13-15-23(16-14-22)30(5)6;/h8-11,13-16,19-21,24,27H,12,17-18H2,1-7H3;1H/q+1;/p-1/t20-,21-,24+,27?;/m1./s1. The number of imidazole rings is 1. The zero-order valence-corrected chi connectivity index (χ0v) is 24.3. The van der Waals surface area contributed by atoms with Crippen LogP contribution in [0.25, 0.3) is 22.4 Å². The first-order valence-corrected chi connectivity index (χ1v) is 12.7. The van der Waals surface area contributed by atoms with Crippen molar-refractivity contribution in [2.75, 3.05) is 19.0 Å². The number of rotatable bonds is 6. The minimum atomic E-state index is -0.431. The van der Waals surface area contributed by atoms with Crippen LogP contribution in [-0.2, 0) is 16.6 Å². The van der Waals surface area contributed by atoms with E-state index in [1.165, 1.54) is 6.42 Å². The predicted octanol–water partition coefficient (Wildman–Crippen LogP) is 2.77. The van der Waals surface area contributed by atoms with Crippen molar-refractivity contribution < 1.29 is 38.1 Å². The summed E-state index contributed by atoms with van der Waals surface area (Å²) >= 11 is 0. The zero-order valence-electron chi connectivity index (χ0n) is 22.2. The van der Waals surface area contributed by atoms with Gasteiger partial charge >= 0.3 is 5.97 Å². The average Bonchev–Trinajstić information content (AvgIpc) is 3.11. The number of para-hydroxylation sites is 2. The molecular weight excluding hydrogens is 549 g/mol. The van der Waals surface area contributed by atoms with E-state index >= 15 is 0 Å². The van der Waals surface area contributed by atoms with Gasteiger partial charge in [0.2, 0.25) is 0 Å². The van der Waals surface area contributed by atoms with E-state index in [2.05, 4.69) is 78.3 Å². The molecule has 35 heavy (non-hydrogen) atoms. The molecule has 5 nitrogen and oxygen atoms in total. The highest BCUT2D eigenvalue weighted by molar-refractivity contribution is 5.82. The van der Waals surface area contributed by atoms with Crippen molar-refractivity contribution in [2.24, 2.45) is 24.8 Å². The molecule has 0 saturated heterocycles. The van der Waals surface area contributed by atoms with Crippen LogP contribution in [0.3, 0.4) is 0 Å². The van der Waals surface area contributed by atoms with E-state index in [-0.39, 0.29) is 36.0 Å². The van der Waals surface area contributed by atoms with Crippen LogP contribution in [0.2, 0.25) is 0 Å². The number of esters is 1. The molecule has 4 atom stereocenters. The maximum atomic E-state index is 13.6. The Kier molecular flexibility index (Phi) is 8.89. The number of benzene rings is 2. The third-order valence-corrected chi connectivity index (χ3v) is 7.65. The molecule has 1 heterocycles. The average molecular weight is 590 g/mol.